The molecule has 2 aliphatic rings. The highest BCUT2D eigenvalue weighted by atomic mass is 35.5. The molecule has 0 radical (unpaired) electrons. The summed E-state index contributed by atoms with van der Waals surface area (Å²) in [6, 6.07) is 17.8. The molecule has 4 aromatic rings. The predicted octanol–water partition coefficient (Wildman–Crippen LogP) is 4.52. The molecule has 2 aromatic heterocycles. The maximum atomic E-state index is 13.8. The molecule has 0 bridgehead atoms. The number of anilines is 2. The molecule has 12 heteroatoms. The van der Waals surface area contributed by atoms with Crippen molar-refractivity contribution < 1.29 is 19.4 Å². The Morgan fingerprint density at radius 3 is 2.67 bits per heavy atom. The second kappa shape index (κ2) is 17.0. The van der Waals surface area contributed by atoms with E-state index >= 15 is 0 Å². The van der Waals surface area contributed by atoms with Gasteiger partial charge in [-0.3, -0.25) is 4.79 Å². The SMILES string of the molecule is C=O.CNc1ccc(Cl)cc1C(=O)N1CCCC[C@H]1c1cc2nc(N3CCNC(COCc4ccccc4)C3)c(C)cn2n1.CO. The van der Waals surface area contributed by atoms with Crippen LogP contribution in [0.3, 0.4) is 0 Å². The average molecular weight is 650 g/mol. The van der Waals surface area contributed by atoms with Gasteiger partial charge in [0.05, 0.1) is 30.5 Å². The molecule has 1 amide bonds. The fraction of sp³-hybridized carbons (Fsp3) is 0.412. The first-order valence-electron chi connectivity index (χ1n) is 15.5. The van der Waals surface area contributed by atoms with E-state index in [1.165, 1.54) is 5.56 Å². The molecule has 11 nitrogen and oxygen atoms in total. The number of carbonyl (C=O) groups is 2. The molecule has 1 unspecified atom stereocenters. The highest BCUT2D eigenvalue weighted by molar-refractivity contribution is 6.31. The van der Waals surface area contributed by atoms with Crippen LogP contribution in [0.1, 0.15) is 52.5 Å². The van der Waals surface area contributed by atoms with Gasteiger partial charge in [-0.25, -0.2) is 9.50 Å². The molecule has 46 heavy (non-hydrogen) atoms. The summed E-state index contributed by atoms with van der Waals surface area (Å²) in [6.07, 6.45) is 4.92. The van der Waals surface area contributed by atoms with Gasteiger partial charge >= 0.3 is 0 Å². The third-order valence-electron chi connectivity index (χ3n) is 8.20. The third kappa shape index (κ3) is 8.21. The Hall–Kier alpha value is -4.03. The number of nitrogens with one attached hydrogen (secondary N) is 2. The van der Waals surface area contributed by atoms with Crippen molar-refractivity contribution >= 4 is 41.4 Å². The van der Waals surface area contributed by atoms with Gasteiger partial charge in [0, 0.05) is 74.9 Å². The molecule has 246 valence electrons. The van der Waals surface area contributed by atoms with E-state index in [1.54, 1.807) is 12.1 Å². The first-order chi connectivity index (χ1) is 22.5. The topological polar surface area (TPSA) is 124 Å². The number of halogens is 1. The standard InChI is InChI=1S/C32H38ClN7O2.CH4O.CH2O/c1-22-18-40-30(36-31(22)38-15-13-35-25(19-38)21-42-20-23-8-4-3-5-9-23)17-28(37-40)29-10-6-7-14-39(29)32(41)26-16-24(33)11-12-27(26)34-2;2*1-2/h3-5,8-9,11-12,16-18,25,29,34-35H,6-7,10,13-15,19-21H2,1-2H3;2H,1H3;1H2/t25?,29-;;/m0../s1. The van der Waals surface area contributed by atoms with Gasteiger partial charge in [0.25, 0.3) is 5.91 Å². The van der Waals surface area contributed by atoms with E-state index in [2.05, 4.69) is 40.8 Å². The van der Waals surface area contributed by atoms with Crippen molar-refractivity contribution in [2.75, 3.05) is 57.2 Å². The zero-order valence-electron chi connectivity index (χ0n) is 26.8. The van der Waals surface area contributed by atoms with E-state index in [9.17, 15) is 4.79 Å². The van der Waals surface area contributed by atoms with Crippen molar-refractivity contribution in [3.63, 3.8) is 0 Å². The first-order valence-corrected chi connectivity index (χ1v) is 15.9. The summed E-state index contributed by atoms with van der Waals surface area (Å²) in [6.45, 7) is 8.57. The van der Waals surface area contributed by atoms with Crippen molar-refractivity contribution in [2.24, 2.45) is 0 Å². The first kappa shape index (κ1) is 34.8. The van der Waals surface area contributed by atoms with Crippen LogP contribution in [-0.4, -0.2) is 90.3 Å². The molecule has 2 saturated heterocycles. The fourth-order valence-corrected chi connectivity index (χ4v) is 6.25. The van der Waals surface area contributed by atoms with Crippen molar-refractivity contribution in [3.05, 3.63) is 88.2 Å². The predicted molar refractivity (Wildman–Crippen MR) is 182 cm³/mol. The number of rotatable bonds is 8. The number of amides is 1. The quantitative estimate of drug-likeness (QED) is 0.253. The number of piperidine rings is 1. The molecule has 2 aromatic carbocycles. The number of aromatic nitrogens is 3. The van der Waals surface area contributed by atoms with Crippen LogP contribution in [0.15, 0.2) is 60.8 Å². The van der Waals surface area contributed by atoms with Gasteiger partial charge in [-0.2, -0.15) is 5.10 Å². The molecule has 2 fully saturated rings. The van der Waals surface area contributed by atoms with E-state index in [-0.39, 0.29) is 18.0 Å². The average Bonchev–Trinajstić information content (AvgIpc) is 3.52. The van der Waals surface area contributed by atoms with Gasteiger partial charge in [-0.1, -0.05) is 41.9 Å². The van der Waals surface area contributed by atoms with Crippen molar-refractivity contribution in [2.45, 2.75) is 44.9 Å². The second-order valence-electron chi connectivity index (χ2n) is 11.2. The van der Waals surface area contributed by atoms with Crippen LogP contribution in [0.2, 0.25) is 5.02 Å². The highest BCUT2D eigenvalue weighted by Gasteiger charge is 2.32. The van der Waals surface area contributed by atoms with E-state index in [4.69, 9.17) is 36.3 Å². The molecule has 0 aliphatic carbocycles. The molecule has 2 aliphatic heterocycles. The molecular formula is C34H44ClN7O4. The largest absolute Gasteiger partial charge is 0.400 e. The smallest absolute Gasteiger partial charge is 0.256 e. The summed E-state index contributed by atoms with van der Waals surface area (Å²) < 4.78 is 7.88. The van der Waals surface area contributed by atoms with Crippen LogP contribution in [0, 0.1) is 6.92 Å². The Balaban J connectivity index is 0.00000116. The van der Waals surface area contributed by atoms with Crippen molar-refractivity contribution in [1.29, 1.82) is 0 Å². The Kier molecular flexibility index (Phi) is 12.9. The maximum absolute atomic E-state index is 13.8. The molecule has 0 spiro atoms. The van der Waals surface area contributed by atoms with Crippen LogP contribution < -0.4 is 15.5 Å². The number of aryl methyl sites for hydroxylation is 1. The molecule has 4 heterocycles. The summed E-state index contributed by atoms with van der Waals surface area (Å²) in [5, 5.41) is 19.2. The summed E-state index contributed by atoms with van der Waals surface area (Å²) in [7, 11) is 2.82. The lowest BCUT2D eigenvalue weighted by molar-refractivity contribution is -0.0980. The second-order valence-corrected chi connectivity index (χ2v) is 11.6. The highest BCUT2D eigenvalue weighted by Crippen LogP contribution is 2.34. The van der Waals surface area contributed by atoms with E-state index < -0.39 is 0 Å². The number of nitrogens with zero attached hydrogens (tertiary/aromatic N) is 5. The van der Waals surface area contributed by atoms with E-state index in [0.29, 0.717) is 30.3 Å². The zero-order chi connectivity index (χ0) is 33.1. The Morgan fingerprint density at radius 2 is 1.91 bits per heavy atom. The van der Waals surface area contributed by atoms with Gasteiger partial charge in [-0.15, -0.1) is 0 Å². The monoisotopic (exact) mass is 649 g/mol. The summed E-state index contributed by atoms with van der Waals surface area (Å²) in [5.41, 5.74) is 5.25. The lowest BCUT2D eigenvalue weighted by Gasteiger charge is -2.35. The van der Waals surface area contributed by atoms with Crippen LogP contribution >= 0.6 is 11.6 Å². The lowest BCUT2D eigenvalue weighted by Crippen LogP contribution is -2.53. The lowest BCUT2D eigenvalue weighted by atomic mass is 9.98. The number of carbonyl (C=O) groups excluding carboxylic acids is 2. The van der Waals surface area contributed by atoms with Gasteiger partial charge in [0.15, 0.2) is 5.65 Å². The van der Waals surface area contributed by atoms with Gasteiger partial charge in [-0.05, 0) is 49.9 Å². The number of aliphatic hydroxyl groups is 1. The Labute approximate surface area is 275 Å². The van der Waals surface area contributed by atoms with Crippen LogP contribution in [-0.2, 0) is 16.1 Å². The number of ether oxygens (including phenoxy) is 1. The normalized spacial score (nSPS) is 17.8. The summed E-state index contributed by atoms with van der Waals surface area (Å²) in [4.78, 5) is 31.1. The molecule has 0 saturated carbocycles. The van der Waals surface area contributed by atoms with Crippen LogP contribution in [0.4, 0.5) is 11.5 Å². The number of likely N-dealkylation sites (tertiary alicyclic amines) is 1. The maximum Gasteiger partial charge on any atom is 0.256 e. The van der Waals surface area contributed by atoms with Crippen molar-refractivity contribution in [3.8, 4) is 0 Å². The minimum absolute atomic E-state index is 0.0326. The van der Waals surface area contributed by atoms with Crippen molar-refractivity contribution in [1.82, 2.24) is 24.8 Å². The van der Waals surface area contributed by atoms with E-state index in [0.717, 1.165) is 74.4 Å². The van der Waals surface area contributed by atoms with Gasteiger partial charge in [0.2, 0.25) is 0 Å². The number of hydrogen-bond acceptors (Lipinski definition) is 9. The third-order valence-corrected chi connectivity index (χ3v) is 8.43. The molecular weight excluding hydrogens is 606 g/mol. The summed E-state index contributed by atoms with van der Waals surface area (Å²) in [5.74, 6) is 0.937. The minimum atomic E-state index is -0.120. The van der Waals surface area contributed by atoms with Gasteiger partial charge in [0.1, 0.15) is 12.6 Å². The summed E-state index contributed by atoms with van der Waals surface area (Å²) >= 11 is 6.28. The Bertz CT molecular complexity index is 1570. The number of hydrogen-bond donors (Lipinski definition) is 3. The van der Waals surface area contributed by atoms with Crippen LogP contribution in [0.25, 0.3) is 5.65 Å². The molecule has 6 rings (SSSR count). The molecule has 3 N–H and O–H groups in total. The zero-order valence-corrected chi connectivity index (χ0v) is 27.5. The number of aliphatic hydroxyl groups excluding tert-OH is 1. The fourth-order valence-electron chi connectivity index (χ4n) is 6.07. The number of fused-ring (bicyclic) bond motifs is 1. The Morgan fingerprint density at radius 1 is 1.13 bits per heavy atom. The van der Waals surface area contributed by atoms with Gasteiger partial charge < -0.3 is 35.1 Å². The number of piperazine rings is 1. The number of benzene rings is 2. The van der Waals surface area contributed by atoms with Crippen LogP contribution in [0.5, 0.6) is 0 Å². The minimum Gasteiger partial charge on any atom is -0.400 e. The molecule has 2 atom stereocenters. The van der Waals surface area contributed by atoms with E-state index in [1.807, 2.05) is 53.6 Å².